The molecule has 1 saturated heterocycles. The summed E-state index contributed by atoms with van der Waals surface area (Å²) in [5.41, 5.74) is 7.13. The fourth-order valence-electron chi connectivity index (χ4n) is 3.18. The molecule has 2 unspecified atom stereocenters. The summed E-state index contributed by atoms with van der Waals surface area (Å²) in [6.45, 7) is 6.68. The lowest BCUT2D eigenvalue weighted by atomic mass is 10.0. The van der Waals surface area contributed by atoms with Gasteiger partial charge in [-0.25, -0.2) is 4.39 Å². The number of halogens is 1. The largest absolute Gasteiger partial charge is 0.324 e. The van der Waals surface area contributed by atoms with Gasteiger partial charge in [0.1, 0.15) is 5.82 Å². The number of hydrogen-bond acceptors (Lipinski definition) is 3. The van der Waals surface area contributed by atoms with Crippen LogP contribution < -0.4 is 5.73 Å². The summed E-state index contributed by atoms with van der Waals surface area (Å²) in [5.74, 6) is -0.203. The van der Waals surface area contributed by atoms with Gasteiger partial charge in [0.2, 0.25) is 0 Å². The van der Waals surface area contributed by atoms with Crippen molar-refractivity contribution in [3.63, 3.8) is 0 Å². The fraction of sp³-hybridized carbons (Fsp3) is 0.647. The molecule has 1 aromatic rings. The van der Waals surface area contributed by atoms with Crippen LogP contribution in [0.15, 0.2) is 24.3 Å². The molecular formula is C17H28FN3. The van der Waals surface area contributed by atoms with Gasteiger partial charge in [-0.1, -0.05) is 19.1 Å². The molecule has 2 atom stereocenters. The summed E-state index contributed by atoms with van der Waals surface area (Å²) >= 11 is 0. The third-order valence-corrected chi connectivity index (χ3v) is 4.50. The standard InChI is InChI=1S/C17H28FN3/c1-3-16-13-20(2)9-5-10-21(16)11-8-17(19)14-6-4-7-15(18)12-14/h4,6-7,12,16-17H,3,5,8-11,13,19H2,1-2H3. The second kappa shape index (κ2) is 7.87. The maximum atomic E-state index is 13.3. The van der Waals surface area contributed by atoms with E-state index in [0.717, 1.165) is 31.6 Å². The molecule has 1 fully saturated rings. The third kappa shape index (κ3) is 4.77. The zero-order chi connectivity index (χ0) is 15.2. The summed E-state index contributed by atoms with van der Waals surface area (Å²) in [4.78, 5) is 4.98. The van der Waals surface area contributed by atoms with E-state index in [1.807, 2.05) is 6.07 Å². The number of nitrogens with zero attached hydrogens (tertiary/aromatic N) is 2. The monoisotopic (exact) mass is 293 g/mol. The van der Waals surface area contributed by atoms with Gasteiger partial charge < -0.3 is 10.6 Å². The SMILES string of the molecule is CCC1CN(C)CCCN1CCC(N)c1cccc(F)c1. The fourth-order valence-corrected chi connectivity index (χ4v) is 3.18. The Labute approximate surface area is 127 Å². The Morgan fingerprint density at radius 2 is 2.19 bits per heavy atom. The number of rotatable bonds is 5. The van der Waals surface area contributed by atoms with Crippen LogP contribution in [-0.2, 0) is 0 Å². The van der Waals surface area contributed by atoms with Crippen molar-refractivity contribution >= 4 is 0 Å². The Hall–Kier alpha value is -0.970. The van der Waals surface area contributed by atoms with Crippen molar-refractivity contribution in [2.45, 2.75) is 38.3 Å². The summed E-state index contributed by atoms with van der Waals surface area (Å²) < 4.78 is 13.3. The molecule has 3 nitrogen and oxygen atoms in total. The van der Waals surface area contributed by atoms with E-state index in [9.17, 15) is 4.39 Å². The molecule has 4 heteroatoms. The zero-order valence-electron chi connectivity index (χ0n) is 13.3. The van der Waals surface area contributed by atoms with Crippen molar-refractivity contribution in [3.8, 4) is 0 Å². The van der Waals surface area contributed by atoms with E-state index in [-0.39, 0.29) is 11.9 Å². The first-order valence-corrected chi connectivity index (χ1v) is 8.03. The van der Waals surface area contributed by atoms with Gasteiger partial charge in [-0.2, -0.15) is 0 Å². The highest BCUT2D eigenvalue weighted by atomic mass is 19.1. The van der Waals surface area contributed by atoms with Gasteiger partial charge in [0, 0.05) is 25.2 Å². The average molecular weight is 293 g/mol. The molecule has 1 aromatic carbocycles. The summed E-state index contributed by atoms with van der Waals surface area (Å²) in [6.07, 6.45) is 3.26. The molecular weight excluding hydrogens is 265 g/mol. The van der Waals surface area contributed by atoms with Crippen LogP contribution in [0.25, 0.3) is 0 Å². The topological polar surface area (TPSA) is 32.5 Å². The first kappa shape index (κ1) is 16.4. The van der Waals surface area contributed by atoms with Crippen LogP contribution >= 0.6 is 0 Å². The van der Waals surface area contributed by atoms with E-state index in [4.69, 9.17) is 5.73 Å². The van der Waals surface area contributed by atoms with Crippen molar-refractivity contribution in [1.29, 1.82) is 0 Å². The van der Waals surface area contributed by atoms with Gasteiger partial charge in [0.05, 0.1) is 0 Å². The quantitative estimate of drug-likeness (QED) is 0.906. The molecule has 0 spiro atoms. The van der Waals surface area contributed by atoms with Crippen LogP contribution in [0.2, 0.25) is 0 Å². The molecule has 21 heavy (non-hydrogen) atoms. The Kier molecular flexibility index (Phi) is 6.15. The second-order valence-electron chi connectivity index (χ2n) is 6.16. The lowest BCUT2D eigenvalue weighted by molar-refractivity contribution is 0.178. The highest BCUT2D eigenvalue weighted by Gasteiger charge is 2.22. The second-order valence-corrected chi connectivity index (χ2v) is 6.16. The van der Waals surface area contributed by atoms with Crippen LogP contribution in [0.3, 0.4) is 0 Å². The van der Waals surface area contributed by atoms with Crippen LogP contribution in [0.5, 0.6) is 0 Å². The first-order chi connectivity index (χ1) is 10.1. The molecule has 0 amide bonds. The van der Waals surface area contributed by atoms with Crippen molar-refractivity contribution in [2.24, 2.45) is 5.73 Å². The van der Waals surface area contributed by atoms with Gasteiger partial charge in [0.15, 0.2) is 0 Å². The molecule has 0 aromatic heterocycles. The molecule has 0 bridgehead atoms. The number of nitrogens with two attached hydrogens (primary N) is 1. The van der Waals surface area contributed by atoms with Crippen molar-refractivity contribution in [3.05, 3.63) is 35.6 Å². The lowest BCUT2D eigenvalue weighted by Gasteiger charge is -2.31. The van der Waals surface area contributed by atoms with E-state index in [1.54, 1.807) is 12.1 Å². The molecule has 118 valence electrons. The number of hydrogen-bond donors (Lipinski definition) is 1. The van der Waals surface area contributed by atoms with E-state index in [1.165, 1.54) is 25.5 Å². The molecule has 1 aliphatic heterocycles. The van der Waals surface area contributed by atoms with E-state index in [0.29, 0.717) is 6.04 Å². The van der Waals surface area contributed by atoms with Crippen molar-refractivity contribution < 1.29 is 4.39 Å². The van der Waals surface area contributed by atoms with Gasteiger partial charge in [0.25, 0.3) is 0 Å². The Bertz CT molecular complexity index is 438. The normalized spacial score (nSPS) is 23.0. The molecule has 0 aliphatic carbocycles. The highest BCUT2D eigenvalue weighted by Crippen LogP contribution is 2.18. The average Bonchev–Trinajstić information content (AvgIpc) is 2.65. The molecule has 0 saturated carbocycles. The highest BCUT2D eigenvalue weighted by molar-refractivity contribution is 5.19. The minimum Gasteiger partial charge on any atom is -0.324 e. The Morgan fingerprint density at radius 1 is 1.38 bits per heavy atom. The zero-order valence-corrected chi connectivity index (χ0v) is 13.3. The molecule has 2 N–H and O–H groups in total. The predicted molar refractivity (Wildman–Crippen MR) is 85.7 cm³/mol. The summed E-state index contributed by atoms with van der Waals surface area (Å²) in [7, 11) is 2.20. The molecule has 1 heterocycles. The lowest BCUT2D eigenvalue weighted by Crippen LogP contribution is -2.40. The minimum atomic E-state index is -0.203. The van der Waals surface area contributed by atoms with Gasteiger partial charge >= 0.3 is 0 Å². The van der Waals surface area contributed by atoms with Crippen LogP contribution in [0.4, 0.5) is 4.39 Å². The van der Waals surface area contributed by atoms with Crippen molar-refractivity contribution in [1.82, 2.24) is 9.80 Å². The van der Waals surface area contributed by atoms with Crippen molar-refractivity contribution in [2.75, 3.05) is 33.2 Å². The molecule has 0 radical (unpaired) electrons. The third-order valence-electron chi connectivity index (χ3n) is 4.50. The maximum Gasteiger partial charge on any atom is 0.123 e. The smallest absolute Gasteiger partial charge is 0.123 e. The van der Waals surface area contributed by atoms with Crippen LogP contribution in [0.1, 0.15) is 37.8 Å². The van der Waals surface area contributed by atoms with E-state index in [2.05, 4.69) is 23.8 Å². The van der Waals surface area contributed by atoms with E-state index >= 15 is 0 Å². The van der Waals surface area contributed by atoms with Crippen LogP contribution in [0, 0.1) is 5.82 Å². The maximum absolute atomic E-state index is 13.3. The molecule has 2 rings (SSSR count). The summed E-state index contributed by atoms with van der Waals surface area (Å²) in [5, 5.41) is 0. The van der Waals surface area contributed by atoms with Gasteiger partial charge in [-0.15, -0.1) is 0 Å². The Balaban J connectivity index is 1.91. The Morgan fingerprint density at radius 3 is 2.90 bits per heavy atom. The summed E-state index contributed by atoms with van der Waals surface area (Å²) in [6, 6.07) is 7.20. The van der Waals surface area contributed by atoms with Gasteiger partial charge in [-0.3, -0.25) is 4.90 Å². The number of benzene rings is 1. The predicted octanol–water partition coefficient (Wildman–Crippen LogP) is 2.63. The minimum absolute atomic E-state index is 0.0841. The molecule has 1 aliphatic rings. The van der Waals surface area contributed by atoms with E-state index < -0.39 is 0 Å². The van der Waals surface area contributed by atoms with Crippen LogP contribution in [-0.4, -0.2) is 49.1 Å². The van der Waals surface area contributed by atoms with Gasteiger partial charge in [-0.05, 0) is 57.1 Å². The first-order valence-electron chi connectivity index (χ1n) is 8.03. The number of likely N-dealkylation sites (N-methyl/N-ethyl adjacent to an activating group) is 1.